The average molecular weight is 367 g/mol. The summed E-state index contributed by atoms with van der Waals surface area (Å²) in [5.74, 6) is 0.111. The molecule has 0 unspecified atom stereocenters. The minimum atomic E-state index is -0.267. The Hall–Kier alpha value is -2.80. The van der Waals surface area contributed by atoms with E-state index < -0.39 is 0 Å². The summed E-state index contributed by atoms with van der Waals surface area (Å²) >= 11 is 1.50. The molecule has 3 heterocycles. The standard InChI is InChI=1S/C19H17N3O3S/c1-11-10-15-16(26-11)20-12(2)21(19(15)25)8-5-9-22-17(23)13-6-3-4-7-14(13)18(22)24/h3-4,6-7,10H,5,8-9H2,1-2H3. The van der Waals surface area contributed by atoms with Crippen molar-refractivity contribution in [3.8, 4) is 0 Å². The van der Waals surface area contributed by atoms with Gasteiger partial charge in [0.25, 0.3) is 17.4 Å². The molecule has 6 nitrogen and oxygen atoms in total. The van der Waals surface area contributed by atoms with Crippen molar-refractivity contribution >= 4 is 33.4 Å². The number of nitrogens with zero attached hydrogens (tertiary/aromatic N) is 3. The highest BCUT2D eigenvalue weighted by atomic mass is 32.1. The zero-order valence-corrected chi connectivity index (χ0v) is 15.3. The van der Waals surface area contributed by atoms with Crippen LogP contribution in [0.5, 0.6) is 0 Å². The molecule has 132 valence electrons. The second-order valence-electron chi connectivity index (χ2n) is 6.35. The monoisotopic (exact) mass is 367 g/mol. The molecular formula is C19H17N3O3S. The van der Waals surface area contributed by atoms with Gasteiger partial charge < -0.3 is 0 Å². The Labute approximate surface area is 153 Å². The fourth-order valence-electron chi connectivity index (χ4n) is 3.33. The maximum absolute atomic E-state index is 12.7. The van der Waals surface area contributed by atoms with Crippen molar-refractivity contribution in [3.05, 3.63) is 62.5 Å². The van der Waals surface area contributed by atoms with Crippen LogP contribution in [0.3, 0.4) is 0 Å². The van der Waals surface area contributed by atoms with Crippen molar-refractivity contribution in [3.63, 3.8) is 0 Å². The molecule has 1 aromatic carbocycles. The van der Waals surface area contributed by atoms with Gasteiger partial charge in [-0.2, -0.15) is 0 Å². The predicted octanol–water partition coefficient (Wildman–Crippen LogP) is 2.76. The summed E-state index contributed by atoms with van der Waals surface area (Å²) in [6.45, 7) is 4.44. The fourth-order valence-corrected chi connectivity index (χ4v) is 4.25. The topological polar surface area (TPSA) is 72.3 Å². The highest BCUT2D eigenvalue weighted by Gasteiger charge is 2.34. The van der Waals surface area contributed by atoms with Crippen LogP contribution < -0.4 is 5.56 Å². The van der Waals surface area contributed by atoms with Gasteiger partial charge >= 0.3 is 0 Å². The van der Waals surface area contributed by atoms with E-state index in [9.17, 15) is 14.4 Å². The van der Waals surface area contributed by atoms with Crippen molar-refractivity contribution in [2.45, 2.75) is 26.8 Å². The Morgan fingerprint density at radius 1 is 1.00 bits per heavy atom. The van der Waals surface area contributed by atoms with E-state index in [-0.39, 0.29) is 23.9 Å². The van der Waals surface area contributed by atoms with Gasteiger partial charge in [-0.25, -0.2) is 4.98 Å². The summed E-state index contributed by atoms with van der Waals surface area (Å²) in [7, 11) is 0. The van der Waals surface area contributed by atoms with Gasteiger partial charge in [0, 0.05) is 18.0 Å². The first-order valence-electron chi connectivity index (χ1n) is 8.40. The van der Waals surface area contributed by atoms with Crippen molar-refractivity contribution in [1.29, 1.82) is 0 Å². The molecule has 0 N–H and O–H groups in total. The van der Waals surface area contributed by atoms with Gasteiger partial charge in [-0.3, -0.25) is 23.9 Å². The van der Waals surface area contributed by atoms with Gasteiger partial charge in [-0.1, -0.05) is 12.1 Å². The minimum absolute atomic E-state index is 0.0702. The molecule has 0 aliphatic carbocycles. The number of rotatable bonds is 4. The largest absolute Gasteiger partial charge is 0.296 e. The van der Waals surface area contributed by atoms with Crippen LogP contribution >= 0.6 is 11.3 Å². The Morgan fingerprint density at radius 2 is 1.65 bits per heavy atom. The van der Waals surface area contributed by atoms with E-state index in [0.29, 0.717) is 35.3 Å². The Kier molecular flexibility index (Phi) is 3.96. The summed E-state index contributed by atoms with van der Waals surface area (Å²) in [6, 6.07) is 8.69. The van der Waals surface area contributed by atoms with Crippen LogP contribution in [-0.2, 0) is 6.54 Å². The Bertz CT molecular complexity index is 1080. The molecule has 4 rings (SSSR count). The smallest absolute Gasteiger partial charge is 0.262 e. The Balaban J connectivity index is 1.53. The molecule has 1 aliphatic heterocycles. The SMILES string of the molecule is Cc1cc2c(=O)n(CCCN3C(=O)c4ccccc4C3=O)c(C)nc2s1. The minimum Gasteiger partial charge on any atom is -0.296 e. The lowest BCUT2D eigenvalue weighted by atomic mass is 10.1. The fraction of sp³-hybridized carbons (Fsp3) is 0.263. The number of aryl methyl sites for hydroxylation is 2. The molecule has 2 amide bonds. The van der Waals surface area contributed by atoms with Gasteiger partial charge in [0.05, 0.1) is 16.5 Å². The number of benzene rings is 1. The third-order valence-corrected chi connectivity index (χ3v) is 5.55. The predicted molar refractivity (Wildman–Crippen MR) is 99.8 cm³/mol. The van der Waals surface area contributed by atoms with E-state index in [1.165, 1.54) is 16.2 Å². The first kappa shape index (κ1) is 16.7. The number of carbonyl (C=O) groups excluding carboxylic acids is 2. The van der Waals surface area contributed by atoms with Crippen molar-refractivity contribution in [1.82, 2.24) is 14.5 Å². The molecule has 2 aromatic heterocycles. The molecule has 0 fully saturated rings. The van der Waals surface area contributed by atoms with Crippen LogP contribution in [0, 0.1) is 13.8 Å². The van der Waals surface area contributed by atoms with E-state index >= 15 is 0 Å². The zero-order valence-electron chi connectivity index (χ0n) is 14.5. The lowest BCUT2D eigenvalue weighted by Crippen LogP contribution is -2.32. The normalized spacial score (nSPS) is 13.7. The third-order valence-electron chi connectivity index (χ3n) is 4.61. The van der Waals surface area contributed by atoms with Gasteiger partial charge in [0.2, 0.25) is 0 Å². The first-order valence-corrected chi connectivity index (χ1v) is 9.22. The highest BCUT2D eigenvalue weighted by Crippen LogP contribution is 2.23. The van der Waals surface area contributed by atoms with Crippen LogP contribution in [0.25, 0.3) is 10.2 Å². The van der Waals surface area contributed by atoms with Crippen LogP contribution in [0.2, 0.25) is 0 Å². The van der Waals surface area contributed by atoms with E-state index in [1.54, 1.807) is 35.8 Å². The Morgan fingerprint density at radius 3 is 2.31 bits per heavy atom. The quantitative estimate of drug-likeness (QED) is 0.665. The number of thiophene rings is 1. The molecule has 0 saturated carbocycles. The molecule has 7 heteroatoms. The van der Waals surface area contributed by atoms with Crippen LogP contribution in [-0.4, -0.2) is 32.8 Å². The number of hydrogen-bond acceptors (Lipinski definition) is 5. The first-order chi connectivity index (χ1) is 12.5. The molecular weight excluding hydrogens is 350 g/mol. The van der Waals surface area contributed by atoms with Crippen LogP contribution in [0.15, 0.2) is 35.1 Å². The van der Waals surface area contributed by atoms with Gasteiger partial charge in [-0.05, 0) is 38.5 Å². The summed E-state index contributed by atoms with van der Waals surface area (Å²) in [6.07, 6.45) is 0.503. The lowest BCUT2D eigenvalue weighted by Gasteiger charge is -2.15. The molecule has 0 spiro atoms. The maximum atomic E-state index is 12.7. The number of fused-ring (bicyclic) bond motifs is 2. The zero-order chi connectivity index (χ0) is 18.4. The van der Waals surface area contributed by atoms with E-state index in [4.69, 9.17) is 0 Å². The van der Waals surface area contributed by atoms with Gasteiger partial charge in [-0.15, -0.1) is 11.3 Å². The van der Waals surface area contributed by atoms with Gasteiger partial charge in [0.1, 0.15) is 10.7 Å². The number of imide groups is 1. The molecule has 26 heavy (non-hydrogen) atoms. The van der Waals surface area contributed by atoms with Crippen molar-refractivity contribution in [2.75, 3.05) is 6.54 Å². The number of amides is 2. The maximum Gasteiger partial charge on any atom is 0.262 e. The molecule has 0 atom stereocenters. The van der Waals surface area contributed by atoms with E-state index in [2.05, 4.69) is 4.98 Å². The van der Waals surface area contributed by atoms with Crippen molar-refractivity contribution in [2.24, 2.45) is 0 Å². The molecule has 1 aliphatic rings. The van der Waals surface area contributed by atoms with E-state index in [1.807, 2.05) is 13.0 Å². The van der Waals surface area contributed by atoms with Crippen molar-refractivity contribution < 1.29 is 9.59 Å². The number of aromatic nitrogens is 2. The summed E-state index contributed by atoms with van der Waals surface area (Å²) in [5, 5.41) is 0.624. The lowest BCUT2D eigenvalue weighted by molar-refractivity contribution is 0.0650. The number of hydrogen-bond donors (Lipinski definition) is 0. The average Bonchev–Trinajstić information content (AvgIpc) is 3.10. The highest BCUT2D eigenvalue weighted by molar-refractivity contribution is 7.18. The van der Waals surface area contributed by atoms with E-state index in [0.717, 1.165) is 9.71 Å². The summed E-state index contributed by atoms with van der Waals surface area (Å²) in [4.78, 5) is 45.0. The molecule has 0 saturated heterocycles. The van der Waals surface area contributed by atoms with Crippen LogP contribution in [0.1, 0.15) is 37.8 Å². The third kappa shape index (κ3) is 2.55. The summed E-state index contributed by atoms with van der Waals surface area (Å²) < 4.78 is 1.62. The second kappa shape index (κ2) is 6.17. The second-order valence-corrected chi connectivity index (χ2v) is 7.59. The molecule has 3 aromatic rings. The number of carbonyl (C=O) groups is 2. The van der Waals surface area contributed by atoms with Crippen LogP contribution in [0.4, 0.5) is 0 Å². The molecule has 0 bridgehead atoms. The van der Waals surface area contributed by atoms with Gasteiger partial charge in [0.15, 0.2) is 0 Å². The molecule has 0 radical (unpaired) electrons. The summed E-state index contributed by atoms with van der Waals surface area (Å²) in [5.41, 5.74) is 0.824.